The second-order valence-corrected chi connectivity index (χ2v) is 7.92. The molecule has 0 saturated carbocycles. The van der Waals surface area contributed by atoms with Crippen molar-refractivity contribution in [1.29, 1.82) is 0 Å². The number of rotatable bonds is 8. The standard InChI is InChI=1S/C25H21N5O7/c1-15-4-3-5-17(10-15)27-22(31)14-29-24(32)19(28-25(29)33)11-16-6-8-20(21(12-16)36-2)37-23-9-7-18(13-26-23)30(34)35/h3-13H,14H2,1-2H3,(H,27,31)(H,28,33). The predicted octanol–water partition coefficient (Wildman–Crippen LogP) is 3.63. The number of ether oxygens (including phenoxy) is 2. The first-order valence-corrected chi connectivity index (χ1v) is 10.9. The minimum atomic E-state index is -0.716. The number of hydrogen-bond donors (Lipinski definition) is 2. The second kappa shape index (κ2) is 10.6. The van der Waals surface area contributed by atoms with Crippen LogP contribution in [-0.2, 0) is 9.59 Å². The summed E-state index contributed by atoms with van der Waals surface area (Å²) in [5.41, 5.74) is 1.84. The molecule has 4 rings (SSSR count). The Labute approximate surface area is 210 Å². The lowest BCUT2D eigenvalue weighted by molar-refractivity contribution is -0.385. The van der Waals surface area contributed by atoms with E-state index in [9.17, 15) is 24.5 Å². The molecule has 0 spiro atoms. The molecule has 12 heteroatoms. The van der Waals surface area contributed by atoms with E-state index in [1.807, 2.05) is 13.0 Å². The van der Waals surface area contributed by atoms with Crippen molar-refractivity contribution in [2.24, 2.45) is 0 Å². The molecule has 0 unspecified atom stereocenters. The maximum absolute atomic E-state index is 12.8. The molecule has 4 amide bonds. The molecule has 3 aromatic rings. The van der Waals surface area contributed by atoms with Gasteiger partial charge in [0.25, 0.3) is 11.6 Å². The van der Waals surface area contributed by atoms with Gasteiger partial charge in [-0.05, 0) is 48.4 Å². The minimum Gasteiger partial charge on any atom is -0.493 e. The van der Waals surface area contributed by atoms with Crippen molar-refractivity contribution in [1.82, 2.24) is 15.2 Å². The molecule has 1 fully saturated rings. The molecule has 12 nitrogen and oxygen atoms in total. The van der Waals surface area contributed by atoms with Crippen LogP contribution in [0.4, 0.5) is 16.2 Å². The van der Waals surface area contributed by atoms with Crippen molar-refractivity contribution >= 4 is 35.3 Å². The minimum absolute atomic E-state index is 0.0129. The largest absolute Gasteiger partial charge is 0.493 e. The van der Waals surface area contributed by atoms with Gasteiger partial charge in [0, 0.05) is 17.8 Å². The van der Waals surface area contributed by atoms with E-state index in [0.717, 1.165) is 16.7 Å². The van der Waals surface area contributed by atoms with E-state index in [1.54, 1.807) is 36.4 Å². The molecule has 2 aromatic carbocycles. The summed E-state index contributed by atoms with van der Waals surface area (Å²) < 4.78 is 11.0. The maximum Gasteiger partial charge on any atom is 0.329 e. The average Bonchev–Trinajstić information content (AvgIpc) is 3.12. The third kappa shape index (κ3) is 5.88. The summed E-state index contributed by atoms with van der Waals surface area (Å²) in [6.45, 7) is 1.43. The fourth-order valence-electron chi connectivity index (χ4n) is 3.46. The predicted molar refractivity (Wildman–Crippen MR) is 132 cm³/mol. The van der Waals surface area contributed by atoms with Crippen LogP contribution in [0.5, 0.6) is 17.4 Å². The highest BCUT2D eigenvalue weighted by molar-refractivity contribution is 6.16. The Morgan fingerprint density at radius 3 is 2.65 bits per heavy atom. The van der Waals surface area contributed by atoms with E-state index in [2.05, 4.69) is 15.6 Å². The highest BCUT2D eigenvalue weighted by Crippen LogP contribution is 2.32. The van der Waals surface area contributed by atoms with Gasteiger partial charge in [0.05, 0.1) is 12.0 Å². The summed E-state index contributed by atoms with van der Waals surface area (Å²) >= 11 is 0. The first-order valence-electron chi connectivity index (χ1n) is 10.9. The highest BCUT2D eigenvalue weighted by Gasteiger charge is 2.35. The molecule has 1 saturated heterocycles. The summed E-state index contributed by atoms with van der Waals surface area (Å²) in [6, 6.07) is 13.8. The van der Waals surface area contributed by atoms with E-state index in [4.69, 9.17) is 9.47 Å². The monoisotopic (exact) mass is 503 g/mol. The fourth-order valence-corrected chi connectivity index (χ4v) is 3.46. The van der Waals surface area contributed by atoms with Gasteiger partial charge in [-0.2, -0.15) is 0 Å². The smallest absolute Gasteiger partial charge is 0.329 e. The number of hydrogen-bond acceptors (Lipinski definition) is 8. The van der Waals surface area contributed by atoms with Crippen molar-refractivity contribution in [3.63, 3.8) is 0 Å². The summed E-state index contributed by atoms with van der Waals surface area (Å²) in [6.07, 6.45) is 2.51. The lowest BCUT2D eigenvalue weighted by Gasteiger charge is -2.12. The number of anilines is 1. The fraction of sp³-hybridized carbons (Fsp3) is 0.120. The number of pyridine rings is 1. The van der Waals surface area contributed by atoms with Crippen LogP contribution in [0, 0.1) is 17.0 Å². The molecule has 188 valence electrons. The number of nitrogens with one attached hydrogen (secondary N) is 2. The first-order chi connectivity index (χ1) is 17.7. The van der Waals surface area contributed by atoms with Gasteiger partial charge < -0.3 is 20.1 Å². The van der Waals surface area contributed by atoms with Crippen LogP contribution in [-0.4, -0.2) is 46.3 Å². The normalized spacial score (nSPS) is 13.9. The van der Waals surface area contributed by atoms with E-state index in [0.29, 0.717) is 17.0 Å². The highest BCUT2D eigenvalue weighted by atomic mass is 16.6. The SMILES string of the molecule is COc1cc(C=C2NC(=O)N(CC(=O)Nc3cccc(C)c3)C2=O)ccc1Oc1ccc([N+](=O)[O-])cn1. The Morgan fingerprint density at radius 2 is 1.97 bits per heavy atom. The molecule has 0 bridgehead atoms. The lowest BCUT2D eigenvalue weighted by atomic mass is 10.1. The van der Waals surface area contributed by atoms with E-state index >= 15 is 0 Å². The third-order valence-electron chi connectivity index (χ3n) is 5.21. The molecule has 1 aliphatic rings. The van der Waals surface area contributed by atoms with Crippen molar-refractivity contribution in [3.8, 4) is 17.4 Å². The Balaban J connectivity index is 1.45. The van der Waals surface area contributed by atoms with Crippen LogP contribution in [0.3, 0.4) is 0 Å². The molecule has 2 heterocycles. The number of amides is 4. The number of urea groups is 1. The number of nitrogens with zero attached hydrogens (tertiary/aromatic N) is 3. The third-order valence-corrected chi connectivity index (χ3v) is 5.21. The molecule has 1 aromatic heterocycles. The molecule has 0 aliphatic carbocycles. The molecule has 2 N–H and O–H groups in total. The average molecular weight is 503 g/mol. The number of carbonyl (C=O) groups excluding carboxylic acids is 3. The van der Waals surface area contributed by atoms with Crippen molar-refractivity contribution in [2.45, 2.75) is 6.92 Å². The zero-order valence-electron chi connectivity index (χ0n) is 19.8. The Morgan fingerprint density at radius 1 is 1.16 bits per heavy atom. The van der Waals surface area contributed by atoms with Gasteiger partial charge in [0.2, 0.25) is 11.8 Å². The van der Waals surface area contributed by atoms with E-state index in [1.165, 1.54) is 25.3 Å². The van der Waals surface area contributed by atoms with Gasteiger partial charge in [-0.15, -0.1) is 0 Å². The lowest BCUT2D eigenvalue weighted by Crippen LogP contribution is -2.38. The van der Waals surface area contributed by atoms with Crippen LogP contribution in [0.2, 0.25) is 0 Å². The maximum atomic E-state index is 12.8. The summed E-state index contributed by atoms with van der Waals surface area (Å²) in [5, 5.41) is 15.9. The van der Waals surface area contributed by atoms with Crippen LogP contribution in [0.1, 0.15) is 11.1 Å². The molecular weight excluding hydrogens is 482 g/mol. The van der Waals surface area contributed by atoms with Gasteiger partial charge in [0.1, 0.15) is 18.4 Å². The number of aryl methyl sites for hydroxylation is 1. The molecular formula is C25H21N5O7. The van der Waals surface area contributed by atoms with E-state index in [-0.39, 0.29) is 23.0 Å². The van der Waals surface area contributed by atoms with Crippen molar-refractivity contribution < 1.29 is 28.8 Å². The van der Waals surface area contributed by atoms with Crippen LogP contribution in [0.15, 0.2) is 66.5 Å². The number of nitro groups is 1. The number of carbonyl (C=O) groups is 3. The van der Waals surface area contributed by atoms with Gasteiger partial charge in [-0.1, -0.05) is 18.2 Å². The Kier molecular flexibility index (Phi) is 7.09. The summed E-state index contributed by atoms with van der Waals surface area (Å²) in [7, 11) is 1.42. The van der Waals surface area contributed by atoms with Gasteiger partial charge in [-0.25, -0.2) is 14.7 Å². The first kappa shape index (κ1) is 24.9. The Hall–Kier alpha value is -5.26. The van der Waals surface area contributed by atoms with Crippen molar-refractivity contribution in [2.75, 3.05) is 19.0 Å². The Bertz CT molecular complexity index is 1420. The molecule has 1 aliphatic heterocycles. The quantitative estimate of drug-likeness (QED) is 0.205. The van der Waals surface area contributed by atoms with Crippen molar-refractivity contribution in [3.05, 3.63) is 87.7 Å². The zero-order chi connectivity index (χ0) is 26.5. The van der Waals surface area contributed by atoms with Gasteiger partial charge >= 0.3 is 6.03 Å². The topological polar surface area (TPSA) is 153 Å². The second-order valence-electron chi connectivity index (χ2n) is 7.92. The van der Waals surface area contributed by atoms with Gasteiger partial charge in [-0.3, -0.25) is 19.7 Å². The molecule has 37 heavy (non-hydrogen) atoms. The van der Waals surface area contributed by atoms with E-state index < -0.39 is 29.3 Å². The van der Waals surface area contributed by atoms with Crippen LogP contribution < -0.4 is 20.1 Å². The number of imide groups is 1. The number of methoxy groups -OCH3 is 1. The van der Waals surface area contributed by atoms with Crippen LogP contribution in [0.25, 0.3) is 6.08 Å². The molecule has 0 radical (unpaired) electrons. The number of benzene rings is 2. The zero-order valence-corrected chi connectivity index (χ0v) is 19.8. The van der Waals surface area contributed by atoms with Crippen LogP contribution >= 0.6 is 0 Å². The molecule has 0 atom stereocenters. The number of aromatic nitrogens is 1. The van der Waals surface area contributed by atoms with Gasteiger partial charge in [0.15, 0.2) is 11.5 Å². The summed E-state index contributed by atoms with van der Waals surface area (Å²) in [5.74, 6) is -0.479. The summed E-state index contributed by atoms with van der Waals surface area (Å²) in [4.78, 5) is 52.4.